The largest absolute Gasteiger partial charge is 0.345 e. The van der Waals surface area contributed by atoms with Crippen LogP contribution in [0.3, 0.4) is 0 Å². The smallest absolute Gasteiger partial charge is 0.251 e. The fourth-order valence-electron chi connectivity index (χ4n) is 2.98. The number of hydrogen-bond acceptors (Lipinski definition) is 4. The van der Waals surface area contributed by atoms with Gasteiger partial charge in [0.1, 0.15) is 11.1 Å². The Kier molecular flexibility index (Phi) is 6.43. The minimum Gasteiger partial charge on any atom is -0.345 e. The first-order chi connectivity index (χ1) is 14.0. The first-order valence-corrected chi connectivity index (χ1v) is 10.0. The van der Waals surface area contributed by atoms with E-state index in [0.29, 0.717) is 16.1 Å². The topological polar surface area (TPSA) is 82.0 Å². The Morgan fingerprint density at radius 3 is 2.28 bits per heavy atom. The number of nitrogens with one attached hydrogen (secondary N) is 2. The van der Waals surface area contributed by atoms with E-state index in [1.807, 2.05) is 50.2 Å². The van der Waals surface area contributed by atoms with Gasteiger partial charge in [0.05, 0.1) is 18.0 Å². The van der Waals surface area contributed by atoms with Crippen molar-refractivity contribution in [2.75, 3.05) is 5.32 Å². The summed E-state index contributed by atoms with van der Waals surface area (Å²) in [6.07, 6.45) is 0.0590. The number of carbonyl (C=O) groups excluding carboxylic acids is 2. The molecule has 1 heterocycles. The molecule has 0 radical (unpaired) electrons. The lowest BCUT2D eigenvalue weighted by molar-refractivity contribution is -0.116. The summed E-state index contributed by atoms with van der Waals surface area (Å²) in [6.45, 7) is 3.79. The molecule has 5 nitrogen and oxygen atoms in total. The van der Waals surface area contributed by atoms with Gasteiger partial charge in [0.15, 0.2) is 0 Å². The third-order valence-corrected chi connectivity index (χ3v) is 5.81. The number of aryl methyl sites for hydroxylation is 1. The van der Waals surface area contributed by atoms with Crippen LogP contribution in [-0.4, -0.2) is 11.8 Å². The number of anilines is 1. The summed E-state index contributed by atoms with van der Waals surface area (Å²) in [7, 11) is 0. The van der Waals surface area contributed by atoms with Crippen molar-refractivity contribution in [3.8, 4) is 6.07 Å². The zero-order valence-corrected chi connectivity index (χ0v) is 17.0. The van der Waals surface area contributed by atoms with E-state index in [9.17, 15) is 14.9 Å². The summed E-state index contributed by atoms with van der Waals surface area (Å²) >= 11 is 1.39. The summed E-state index contributed by atoms with van der Waals surface area (Å²) in [6, 6.07) is 19.9. The van der Waals surface area contributed by atoms with E-state index in [1.54, 1.807) is 24.3 Å². The van der Waals surface area contributed by atoms with Gasteiger partial charge >= 0.3 is 0 Å². The first kappa shape index (κ1) is 20.3. The monoisotopic (exact) mass is 403 g/mol. The highest BCUT2D eigenvalue weighted by atomic mass is 32.1. The highest BCUT2D eigenvalue weighted by Crippen LogP contribution is 2.32. The second kappa shape index (κ2) is 9.18. The molecule has 2 amide bonds. The zero-order valence-electron chi connectivity index (χ0n) is 16.2. The average Bonchev–Trinajstić information content (AvgIpc) is 3.01. The number of nitriles is 1. The van der Waals surface area contributed by atoms with Crippen molar-refractivity contribution in [2.24, 2.45) is 0 Å². The molecule has 1 aromatic heterocycles. The molecule has 2 aromatic carbocycles. The molecule has 0 aliphatic rings. The van der Waals surface area contributed by atoms with Gasteiger partial charge in [-0.25, -0.2) is 0 Å². The number of hydrogen-bond donors (Lipinski definition) is 2. The molecule has 0 aliphatic heterocycles. The second-order valence-electron chi connectivity index (χ2n) is 6.65. The number of benzene rings is 2. The third-order valence-electron chi connectivity index (χ3n) is 4.68. The maximum Gasteiger partial charge on any atom is 0.251 e. The van der Waals surface area contributed by atoms with E-state index in [0.717, 1.165) is 16.0 Å². The van der Waals surface area contributed by atoms with Crippen LogP contribution >= 0.6 is 11.3 Å². The van der Waals surface area contributed by atoms with Crippen LogP contribution in [0.1, 0.15) is 44.4 Å². The standard InChI is InChI=1S/C23H21N3O2S/c1-15-16(2)29-23(19(15)14-24)26-21(27)13-20(17-9-5-3-6-10-17)25-22(28)18-11-7-4-8-12-18/h3-12,20H,13H2,1-2H3,(H,25,28)(H,26,27). The van der Waals surface area contributed by atoms with Gasteiger partial charge in [-0.3, -0.25) is 9.59 Å². The van der Waals surface area contributed by atoms with Gasteiger partial charge in [-0.05, 0) is 37.1 Å². The van der Waals surface area contributed by atoms with E-state index in [1.165, 1.54) is 11.3 Å². The van der Waals surface area contributed by atoms with Crippen molar-refractivity contribution in [3.63, 3.8) is 0 Å². The SMILES string of the molecule is Cc1sc(NC(=O)CC(NC(=O)c2ccccc2)c2ccccc2)c(C#N)c1C. The Morgan fingerprint density at radius 2 is 1.66 bits per heavy atom. The predicted octanol–water partition coefficient (Wildman–Crippen LogP) is 4.74. The number of nitrogens with zero attached hydrogens (tertiary/aromatic N) is 1. The van der Waals surface area contributed by atoms with Crippen LogP contribution in [0, 0.1) is 25.2 Å². The van der Waals surface area contributed by atoms with E-state index < -0.39 is 6.04 Å². The third kappa shape index (κ3) is 4.89. The van der Waals surface area contributed by atoms with Crippen LogP contribution in [0.5, 0.6) is 0 Å². The maximum absolute atomic E-state index is 12.7. The quantitative estimate of drug-likeness (QED) is 0.624. The molecule has 1 unspecified atom stereocenters. The van der Waals surface area contributed by atoms with Crippen LogP contribution in [-0.2, 0) is 4.79 Å². The Bertz CT molecular complexity index is 1050. The lowest BCUT2D eigenvalue weighted by atomic mass is 10.0. The highest BCUT2D eigenvalue weighted by Gasteiger charge is 2.21. The lowest BCUT2D eigenvalue weighted by Crippen LogP contribution is -2.31. The van der Waals surface area contributed by atoms with Crippen molar-refractivity contribution < 1.29 is 9.59 Å². The Balaban J connectivity index is 1.78. The number of rotatable bonds is 6. The molecule has 0 saturated heterocycles. The summed E-state index contributed by atoms with van der Waals surface area (Å²) in [5.41, 5.74) is 2.74. The van der Waals surface area contributed by atoms with Crippen LogP contribution in [0.4, 0.5) is 5.00 Å². The van der Waals surface area contributed by atoms with Crippen molar-refractivity contribution in [2.45, 2.75) is 26.3 Å². The van der Waals surface area contributed by atoms with Crippen molar-refractivity contribution in [1.29, 1.82) is 5.26 Å². The fourth-order valence-corrected chi connectivity index (χ4v) is 4.01. The van der Waals surface area contributed by atoms with Gasteiger partial charge < -0.3 is 10.6 Å². The summed E-state index contributed by atoms with van der Waals surface area (Å²) in [4.78, 5) is 26.4. The zero-order chi connectivity index (χ0) is 20.8. The maximum atomic E-state index is 12.7. The lowest BCUT2D eigenvalue weighted by Gasteiger charge is -2.19. The molecule has 0 fully saturated rings. The molecule has 0 bridgehead atoms. The molecule has 3 rings (SSSR count). The number of amides is 2. The molecular formula is C23H21N3O2S. The normalized spacial score (nSPS) is 11.3. The molecule has 2 N–H and O–H groups in total. The molecule has 146 valence electrons. The van der Waals surface area contributed by atoms with Gasteiger partial charge in [-0.15, -0.1) is 11.3 Å². The predicted molar refractivity (Wildman–Crippen MR) is 115 cm³/mol. The van der Waals surface area contributed by atoms with Gasteiger partial charge in [-0.2, -0.15) is 5.26 Å². The minimum atomic E-state index is -0.489. The van der Waals surface area contributed by atoms with Crippen molar-refractivity contribution >= 4 is 28.2 Å². The van der Waals surface area contributed by atoms with E-state index in [-0.39, 0.29) is 18.2 Å². The van der Waals surface area contributed by atoms with Gasteiger partial charge in [0.2, 0.25) is 5.91 Å². The number of carbonyl (C=O) groups is 2. The molecule has 0 aliphatic carbocycles. The van der Waals surface area contributed by atoms with Crippen LogP contribution < -0.4 is 10.6 Å². The molecule has 6 heteroatoms. The Hall–Kier alpha value is -3.43. The second-order valence-corrected chi connectivity index (χ2v) is 7.88. The van der Waals surface area contributed by atoms with Gasteiger partial charge in [-0.1, -0.05) is 48.5 Å². The first-order valence-electron chi connectivity index (χ1n) is 9.20. The van der Waals surface area contributed by atoms with Crippen molar-refractivity contribution in [3.05, 3.63) is 87.8 Å². The summed E-state index contributed by atoms with van der Waals surface area (Å²) < 4.78 is 0. The average molecular weight is 404 g/mol. The highest BCUT2D eigenvalue weighted by molar-refractivity contribution is 7.16. The Morgan fingerprint density at radius 1 is 1.03 bits per heavy atom. The van der Waals surface area contributed by atoms with Gasteiger partial charge in [0, 0.05) is 10.4 Å². The molecular weight excluding hydrogens is 382 g/mol. The summed E-state index contributed by atoms with van der Waals surface area (Å²) in [5.74, 6) is -0.502. The Labute approximate surface area is 174 Å². The van der Waals surface area contributed by atoms with E-state index in [2.05, 4.69) is 16.7 Å². The molecule has 0 spiro atoms. The van der Waals surface area contributed by atoms with E-state index >= 15 is 0 Å². The summed E-state index contributed by atoms with van der Waals surface area (Å²) in [5, 5.41) is 15.7. The molecule has 29 heavy (non-hydrogen) atoms. The van der Waals surface area contributed by atoms with Crippen molar-refractivity contribution in [1.82, 2.24) is 5.32 Å². The van der Waals surface area contributed by atoms with Crippen LogP contribution in [0.25, 0.3) is 0 Å². The fraction of sp³-hybridized carbons (Fsp3) is 0.174. The van der Waals surface area contributed by atoms with Crippen LogP contribution in [0.2, 0.25) is 0 Å². The molecule has 0 saturated carbocycles. The van der Waals surface area contributed by atoms with E-state index in [4.69, 9.17) is 0 Å². The van der Waals surface area contributed by atoms with Crippen LogP contribution in [0.15, 0.2) is 60.7 Å². The van der Waals surface area contributed by atoms with Gasteiger partial charge in [0.25, 0.3) is 5.91 Å². The number of thiophene rings is 1. The molecule has 3 aromatic rings. The molecule has 1 atom stereocenters. The minimum absolute atomic E-state index is 0.0590.